The number of azide groups is 1. The number of nitrogens with one attached hydrogen (secondary N) is 1. The van der Waals surface area contributed by atoms with E-state index in [1.165, 1.54) is 12.8 Å². The van der Waals surface area contributed by atoms with Gasteiger partial charge in [-0.15, -0.1) is 0 Å². The lowest BCUT2D eigenvalue weighted by molar-refractivity contribution is -0.122. The van der Waals surface area contributed by atoms with Crippen molar-refractivity contribution in [2.45, 2.75) is 57.0 Å². The largest absolute Gasteiger partial charge is 0.353 e. The smallest absolute Gasteiger partial charge is 0.220 e. The molecule has 0 radical (unpaired) electrons. The summed E-state index contributed by atoms with van der Waals surface area (Å²) in [5.74, 6) is 0.559. The predicted octanol–water partition coefficient (Wildman–Crippen LogP) is 5.22. The summed E-state index contributed by atoms with van der Waals surface area (Å²) in [7, 11) is 0. The van der Waals surface area contributed by atoms with Crippen LogP contribution >= 0.6 is 0 Å². The Morgan fingerprint density at radius 3 is 2.14 bits per heavy atom. The Morgan fingerprint density at radius 1 is 1.00 bits per heavy atom. The normalized spacial score (nSPS) is 16.1. The van der Waals surface area contributed by atoms with Crippen molar-refractivity contribution in [3.8, 4) is 0 Å². The molecule has 0 saturated heterocycles. The third kappa shape index (κ3) is 6.14. The summed E-state index contributed by atoms with van der Waals surface area (Å²) in [6.07, 6.45) is 6.54. The van der Waals surface area contributed by atoms with Gasteiger partial charge in [0.15, 0.2) is 0 Å². The van der Waals surface area contributed by atoms with Crippen LogP contribution in [0.25, 0.3) is 10.4 Å². The molecule has 0 aromatic heterocycles. The molecule has 0 bridgehead atoms. The van der Waals surface area contributed by atoms with E-state index in [1.54, 1.807) is 0 Å². The lowest BCUT2D eigenvalue weighted by Gasteiger charge is -2.26. The molecule has 3 rings (SSSR count). The fourth-order valence-corrected chi connectivity index (χ4v) is 4.08. The molecule has 0 heterocycles. The summed E-state index contributed by atoms with van der Waals surface area (Å²) in [4.78, 5) is 15.8. The van der Waals surface area contributed by atoms with E-state index < -0.39 is 0 Å². The van der Waals surface area contributed by atoms with Gasteiger partial charge in [-0.2, -0.15) is 0 Å². The van der Waals surface area contributed by atoms with Gasteiger partial charge in [-0.1, -0.05) is 78.6 Å². The minimum atomic E-state index is -0.333. The molecule has 1 fully saturated rings. The number of carbonyl (C=O) groups excluding carboxylic acids is 1. The SMILES string of the molecule is [N-]=[N+]=N[C@@H](Cc1ccccc1)[C@H](Cc1ccccc1)NC(=O)CC1CCCC1. The highest BCUT2D eigenvalue weighted by Gasteiger charge is 2.25. The lowest BCUT2D eigenvalue weighted by Crippen LogP contribution is -2.45. The summed E-state index contributed by atoms with van der Waals surface area (Å²) in [5, 5.41) is 7.26. The topological polar surface area (TPSA) is 77.9 Å². The Hall–Kier alpha value is -2.78. The van der Waals surface area contributed by atoms with Crippen molar-refractivity contribution in [2.75, 3.05) is 0 Å². The van der Waals surface area contributed by atoms with E-state index in [0.29, 0.717) is 25.2 Å². The third-order valence-electron chi connectivity index (χ3n) is 5.55. The van der Waals surface area contributed by atoms with Gasteiger partial charge in [0.05, 0.1) is 6.04 Å². The average Bonchev–Trinajstić information content (AvgIpc) is 3.22. The number of rotatable bonds is 9. The minimum absolute atomic E-state index is 0.0685. The number of nitrogens with zero attached hydrogens (tertiary/aromatic N) is 3. The van der Waals surface area contributed by atoms with Crippen LogP contribution in [0, 0.1) is 5.92 Å². The van der Waals surface area contributed by atoms with Crippen LogP contribution in [0.1, 0.15) is 43.2 Å². The zero-order valence-electron chi connectivity index (χ0n) is 16.2. The highest BCUT2D eigenvalue weighted by molar-refractivity contribution is 5.76. The third-order valence-corrected chi connectivity index (χ3v) is 5.55. The van der Waals surface area contributed by atoms with Crippen molar-refractivity contribution >= 4 is 5.91 Å². The Labute approximate surface area is 166 Å². The molecule has 0 unspecified atom stereocenters. The first-order valence-corrected chi connectivity index (χ1v) is 10.2. The molecule has 1 saturated carbocycles. The van der Waals surface area contributed by atoms with Gasteiger partial charge in [0.1, 0.15) is 0 Å². The number of hydrogen-bond acceptors (Lipinski definition) is 2. The average molecular weight is 377 g/mol. The van der Waals surface area contributed by atoms with Gasteiger partial charge in [-0.3, -0.25) is 4.79 Å². The molecular weight excluding hydrogens is 348 g/mol. The number of benzene rings is 2. The maximum atomic E-state index is 12.7. The van der Waals surface area contributed by atoms with E-state index in [1.807, 2.05) is 60.7 Å². The van der Waals surface area contributed by atoms with Crippen LogP contribution in [0.5, 0.6) is 0 Å². The van der Waals surface area contributed by atoms with Gasteiger partial charge in [0, 0.05) is 17.4 Å². The molecule has 28 heavy (non-hydrogen) atoms. The second-order valence-electron chi connectivity index (χ2n) is 7.68. The van der Waals surface area contributed by atoms with Crippen LogP contribution in [0.4, 0.5) is 0 Å². The number of carbonyl (C=O) groups is 1. The van der Waals surface area contributed by atoms with Crippen molar-refractivity contribution in [1.29, 1.82) is 0 Å². The van der Waals surface area contributed by atoms with Gasteiger partial charge in [0.25, 0.3) is 0 Å². The summed E-state index contributed by atoms with van der Waals surface area (Å²) < 4.78 is 0. The van der Waals surface area contributed by atoms with Crippen molar-refractivity contribution in [3.05, 3.63) is 82.2 Å². The van der Waals surface area contributed by atoms with Crippen LogP contribution in [-0.2, 0) is 17.6 Å². The summed E-state index contributed by atoms with van der Waals surface area (Å²) in [6.45, 7) is 0. The van der Waals surface area contributed by atoms with Crippen molar-refractivity contribution < 1.29 is 4.79 Å². The maximum Gasteiger partial charge on any atom is 0.220 e. The molecule has 1 aliphatic rings. The van der Waals surface area contributed by atoms with E-state index >= 15 is 0 Å². The summed E-state index contributed by atoms with van der Waals surface area (Å²) >= 11 is 0. The highest BCUT2D eigenvalue weighted by Crippen LogP contribution is 2.27. The van der Waals surface area contributed by atoms with E-state index in [9.17, 15) is 4.79 Å². The van der Waals surface area contributed by atoms with Gasteiger partial charge in [-0.05, 0) is 48.3 Å². The molecule has 0 aliphatic heterocycles. The standard InChI is InChI=1S/C23H28N4O/c24-27-26-22(16-19-11-5-2-6-12-19)21(15-18-9-3-1-4-10-18)25-23(28)17-20-13-7-8-14-20/h1-6,9-12,20-22H,7-8,13-17H2,(H,25,28)/t21-,22-/m0/s1. The zero-order valence-corrected chi connectivity index (χ0v) is 16.2. The molecule has 5 heteroatoms. The second kappa shape index (κ2) is 10.5. The van der Waals surface area contributed by atoms with Gasteiger partial charge < -0.3 is 5.32 Å². The Morgan fingerprint density at radius 2 is 1.57 bits per heavy atom. The van der Waals surface area contributed by atoms with Crippen LogP contribution in [0.3, 0.4) is 0 Å². The molecule has 1 N–H and O–H groups in total. The fourth-order valence-electron chi connectivity index (χ4n) is 4.08. The Balaban J connectivity index is 1.75. The number of hydrogen-bond donors (Lipinski definition) is 1. The van der Waals surface area contributed by atoms with E-state index in [0.717, 1.165) is 24.0 Å². The van der Waals surface area contributed by atoms with Crippen LogP contribution in [0.15, 0.2) is 65.8 Å². The van der Waals surface area contributed by atoms with Gasteiger partial charge in [-0.25, -0.2) is 0 Å². The summed E-state index contributed by atoms with van der Waals surface area (Å²) in [5.41, 5.74) is 11.4. The molecule has 2 aromatic carbocycles. The monoisotopic (exact) mass is 376 g/mol. The maximum absolute atomic E-state index is 12.7. The molecule has 0 spiro atoms. The lowest BCUT2D eigenvalue weighted by atomic mass is 9.94. The van der Waals surface area contributed by atoms with Crippen molar-refractivity contribution in [1.82, 2.24) is 5.32 Å². The van der Waals surface area contributed by atoms with E-state index in [2.05, 4.69) is 15.3 Å². The first-order valence-electron chi connectivity index (χ1n) is 10.2. The second-order valence-corrected chi connectivity index (χ2v) is 7.68. The fraction of sp³-hybridized carbons (Fsp3) is 0.435. The van der Waals surface area contributed by atoms with Crippen LogP contribution < -0.4 is 5.32 Å². The van der Waals surface area contributed by atoms with Crippen molar-refractivity contribution in [2.24, 2.45) is 11.0 Å². The van der Waals surface area contributed by atoms with Crippen LogP contribution in [0.2, 0.25) is 0 Å². The summed E-state index contributed by atoms with van der Waals surface area (Å²) in [6, 6.07) is 19.5. The first-order chi connectivity index (χ1) is 13.7. The molecule has 1 amide bonds. The van der Waals surface area contributed by atoms with Gasteiger partial charge in [0.2, 0.25) is 5.91 Å². The van der Waals surface area contributed by atoms with Crippen LogP contribution in [-0.4, -0.2) is 18.0 Å². The first kappa shape index (κ1) is 20.0. The zero-order chi connectivity index (χ0) is 19.6. The van der Waals surface area contributed by atoms with Crippen molar-refractivity contribution in [3.63, 3.8) is 0 Å². The molecule has 1 aliphatic carbocycles. The van der Waals surface area contributed by atoms with Gasteiger partial charge >= 0.3 is 0 Å². The molecule has 5 nitrogen and oxygen atoms in total. The van der Waals surface area contributed by atoms with E-state index in [-0.39, 0.29) is 18.0 Å². The molecule has 2 aromatic rings. The predicted molar refractivity (Wildman–Crippen MR) is 112 cm³/mol. The quantitative estimate of drug-likeness (QED) is 0.364. The molecule has 2 atom stereocenters. The Bertz CT molecular complexity index is 781. The molecular formula is C23H28N4O. The minimum Gasteiger partial charge on any atom is -0.353 e. The molecule has 146 valence electrons. The number of amides is 1. The highest BCUT2D eigenvalue weighted by atomic mass is 16.1. The Kier molecular flexibility index (Phi) is 7.51. The van der Waals surface area contributed by atoms with E-state index in [4.69, 9.17) is 5.53 Å².